The van der Waals surface area contributed by atoms with E-state index in [1.807, 2.05) is 0 Å². The maximum atomic E-state index is 13.5. The van der Waals surface area contributed by atoms with Gasteiger partial charge in [-0.2, -0.15) is 0 Å². The van der Waals surface area contributed by atoms with E-state index in [-0.39, 0.29) is 16.4 Å². The molecule has 0 spiro atoms. The lowest BCUT2D eigenvalue weighted by Gasteiger charge is -2.08. The first kappa shape index (κ1) is 12.5. The van der Waals surface area contributed by atoms with Crippen LogP contribution in [0.5, 0.6) is 0 Å². The lowest BCUT2D eigenvalue weighted by Crippen LogP contribution is -2.08. The van der Waals surface area contributed by atoms with Gasteiger partial charge in [0.1, 0.15) is 11.6 Å². The van der Waals surface area contributed by atoms with Gasteiger partial charge in [-0.25, -0.2) is 8.78 Å². The van der Waals surface area contributed by atoms with E-state index >= 15 is 0 Å². The Labute approximate surface area is 104 Å². The Morgan fingerprint density at radius 1 is 1.24 bits per heavy atom. The first-order valence-corrected chi connectivity index (χ1v) is 6.13. The molecule has 4 heteroatoms. The molecule has 0 aromatic heterocycles. The number of halogens is 3. The van der Waals surface area contributed by atoms with E-state index in [2.05, 4.69) is 0 Å². The number of carbonyl (C=O) groups is 1. The van der Waals surface area contributed by atoms with E-state index in [9.17, 15) is 13.6 Å². The van der Waals surface area contributed by atoms with E-state index in [4.69, 9.17) is 11.6 Å². The van der Waals surface area contributed by atoms with Gasteiger partial charge in [0.25, 0.3) is 0 Å². The van der Waals surface area contributed by atoms with Gasteiger partial charge in [-0.05, 0) is 18.1 Å². The lowest BCUT2D eigenvalue weighted by atomic mass is 9.97. The van der Waals surface area contributed by atoms with Crippen LogP contribution in [0.25, 0.3) is 0 Å². The normalized spacial score (nSPS) is 16.4. The molecule has 0 aliphatic heterocycles. The van der Waals surface area contributed by atoms with Crippen molar-refractivity contribution in [1.29, 1.82) is 0 Å². The van der Waals surface area contributed by atoms with Crippen molar-refractivity contribution in [3.05, 3.63) is 34.4 Å². The number of carbonyl (C=O) groups excluding carboxylic acids is 1. The standard InChI is InChI=1S/C13H13ClF2O/c14-10-7-11(15)9(6-12(10)16)13(17)5-8-3-1-2-4-8/h6-8H,1-5H2. The molecule has 0 amide bonds. The van der Waals surface area contributed by atoms with Crippen LogP contribution < -0.4 is 0 Å². The second-order valence-electron chi connectivity index (χ2n) is 4.52. The first-order chi connectivity index (χ1) is 8.08. The minimum atomic E-state index is -0.747. The van der Waals surface area contributed by atoms with Crippen LogP contribution in [0.4, 0.5) is 8.78 Å². The summed E-state index contributed by atoms with van der Waals surface area (Å²) in [5.74, 6) is -1.49. The molecule has 1 fully saturated rings. The third-order valence-corrected chi connectivity index (χ3v) is 3.55. The fraction of sp³-hybridized carbons (Fsp3) is 0.462. The Morgan fingerprint density at radius 3 is 2.53 bits per heavy atom. The van der Waals surface area contributed by atoms with Gasteiger partial charge < -0.3 is 0 Å². The zero-order valence-corrected chi connectivity index (χ0v) is 10.1. The lowest BCUT2D eigenvalue weighted by molar-refractivity contribution is 0.0957. The molecule has 1 aliphatic rings. The minimum Gasteiger partial charge on any atom is -0.294 e. The smallest absolute Gasteiger partial charge is 0.166 e. The number of rotatable bonds is 3. The van der Waals surface area contributed by atoms with Gasteiger partial charge >= 0.3 is 0 Å². The number of Topliss-reactive ketones (excluding diaryl/α,β-unsaturated/α-hetero) is 1. The van der Waals surface area contributed by atoms with Crippen LogP contribution in [0.2, 0.25) is 5.02 Å². The number of hydrogen-bond donors (Lipinski definition) is 0. The highest BCUT2D eigenvalue weighted by molar-refractivity contribution is 6.30. The molecule has 0 atom stereocenters. The molecule has 1 aromatic carbocycles. The first-order valence-electron chi connectivity index (χ1n) is 5.75. The van der Waals surface area contributed by atoms with Crippen molar-refractivity contribution in [3.63, 3.8) is 0 Å². The van der Waals surface area contributed by atoms with E-state index in [0.29, 0.717) is 12.3 Å². The topological polar surface area (TPSA) is 17.1 Å². The van der Waals surface area contributed by atoms with Crippen LogP contribution >= 0.6 is 11.6 Å². The highest BCUT2D eigenvalue weighted by Crippen LogP contribution is 2.29. The summed E-state index contributed by atoms with van der Waals surface area (Å²) in [5.41, 5.74) is -0.182. The van der Waals surface area contributed by atoms with Gasteiger partial charge in [-0.15, -0.1) is 0 Å². The predicted molar refractivity (Wildman–Crippen MR) is 62.3 cm³/mol. The fourth-order valence-corrected chi connectivity index (χ4v) is 2.47. The summed E-state index contributed by atoms with van der Waals surface area (Å²) in [4.78, 5) is 11.8. The van der Waals surface area contributed by atoms with E-state index in [1.165, 1.54) is 0 Å². The maximum Gasteiger partial charge on any atom is 0.166 e. The second kappa shape index (κ2) is 5.13. The van der Waals surface area contributed by atoms with Crippen LogP contribution in [0.1, 0.15) is 42.5 Å². The Bertz CT molecular complexity index is 439. The largest absolute Gasteiger partial charge is 0.294 e. The quantitative estimate of drug-likeness (QED) is 0.581. The Hall–Kier alpha value is -0.960. The molecule has 1 aromatic rings. The van der Waals surface area contributed by atoms with Crippen LogP contribution in [-0.4, -0.2) is 5.78 Å². The Morgan fingerprint density at radius 2 is 1.88 bits per heavy atom. The zero-order valence-electron chi connectivity index (χ0n) is 9.31. The second-order valence-corrected chi connectivity index (χ2v) is 4.93. The van der Waals surface area contributed by atoms with Gasteiger partial charge in [0, 0.05) is 6.42 Å². The molecule has 1 nitrogen and oxygen atoms in total. The number of ketones is 1. The number of benzene rings is 1. The molecule has 92 valence electrons. The third kappa shape index (κ3) is 2.83. The van der Waals surface area contributed by atoms with Crippen LogP contribution in [-0.2, 0) is 0 Å². The maximum absolute atomic E-state index is 13.5. The molecule has 0 bridgehead atoms. The highest BCUT2D eigenvalue weighted by Gasteiger charge is 2.22. The molecule has 17 heavy (non-hydrogen) atoms. The summed E-state index contributed by atoms with van der Waals surface area (Å²) in [7, 11) is 0. The van der Waals surface area contributed by atoms with Crippen molar-refractivity contribution >= 4 is 17.4 Å². The highest BCUT2D eigenvalue weighted by atomic mass is 35.5. The molecule has 0 heterocycles. The van der Waals surface area contributed by atoms with Gasteiger partial charge in [0.15, 0.2) is 5.78 Å². The number of hydrogen-bond acceptors (Lipinski definition) is 1. The van der Waals surface area contributed by atoms with Crippen molar-refractivity contribution in [2.75, 3.05) is 0 Å². The molecule has 0 unspecified atom stereocenters. The molecule has 0 N–H and O–H groups in total. The molecule has 1 saturated carbocycles. The summed E-state index contributed by atoms with van der Waals surface area (Å²) in [6, 6.07) is 1.76. The monoisotopic (exact) mass is 258 g/mol. The Kier molecular flexibility index (Phi) is 3.77. The van der Waals surface area contributed by atoms with E-state index < -0.39 is 11.6 Å². The molecule has 2 rings (SSSR count). The summed E-state index contributed by atoms with van der Waals surface area (Å²) in [6.07, 6.45) is 4.55. The summed E-state index contributed by atoms with van der Waals surface area (Å²) in [6.45, 7) is 0. The summed E-state index contributed by atoms with van der Waals surface area (Å²) in [5, 5.41) is -0.292. The molecule has 1 aliphatic carbocycles. The fourth-order valence-electron chi connectivity index (χ4n) is 2.32. The van der Waals surface area contributed by atoms with Gasteiger partial charge in [-0.1, -0.05) is 37.3 Å². The SMILES string of the molecule is O=C(CC1CCCC1)c1cc(F)c(Cl)cc1F. The van der Waals surface area contributed by atoms with E-state index in [1.54, 1.807) is 0 Å². The van der Waals surface area contributed by atoms with Crippen molar-refractivity contribution in [2.24, 2.45) is 5.92 Å². The summed E-state index contributed by atoms with van der Waals surface area (Å²) < 4.78 is 26.7. The summed E-state index contributed by atoms with van der Waals surface area (Å²) >= 11 is 5.43. The Balaban J connectivity index is 2.15. The molecule has 0 saturated heterocycles. The van der Waals surface area contributed by atoms with Gasteiger partial charge in [-0.3, -0.25) is 4.79 Å². The van der Waals surface area contributed by atoms with E-state index in [0.717, 1.165) is 37.8 Å². The average molecular weight is 259 g/mol. The molecule has 0 radical (unpaired) electrons. The van der Waals surface area contributed by atoms with Crippen molar-refractivity contribution in [3.8, 4) is 0 Å². The third-order valence-electron chi connectivity index (χ3n) is 3.26. The van der Waals surface area contributed by atoms with Crippen LogP contribution in [0, 0.1) is 17.6 Å². The zero-order chi connectivity index (χ0) is 12.4. The predicted octanol–water partition coefficient (Wildman–Crippen LogP) is 4.38. The van der Waals surface area contributed by atoms with Crippen molar-refractivity contribution in [2.45, 2.75) is 32.1 Å². The van der Waals surface area contributed by atoms with Crippen molar-refractivity contribution in [1.82, 2.24) is 0 Å². The molecular formula is C13H13ClF2O. The minimum absolute atomic E-state index is 0.182. The van der Waals surface area contributed by atoms with Crippen LogP contribution in [0.3, 0.4) is 0 Å². The van der Waals surface area contributed by atoms with Crippen molar-refractivity contribution < 1.29 is 13.6 Å². The van der Waals surface area contributed by atoms with Gasteiger partial charge in [0.2, 0.25) is 0 Å². The van der Waals surface area contributed by atoms with Gasteiger partial charge in [0.05, 0.1) is 10.6 Å². The molecular weight excluding hydrogens is 246 g/mol. The average Bonchev–Trinajstić information content (AvgIpc) is 2.76. The van der Waals surface area contributed by atoms with Crippen LogP contribution in [0.15, 0.2) is 12.1 Å².